The van der Waals surface area contributed by atoms with E-state index in [1.807, 2.05) is 37.3 Å². The van der Waals surface area contributed by atoms with E-state index >= 15 is 0 Å². The molecule has 0 fully saturated rings. The molecule has 0 spiro atoms. The highest BCUT2D eigenvalue weighted by molar-refractivity contribution is 5.76. The molecule has 0 aliphatic heterocycles. The van der Waals surface area contributed by atoms with Gasteiger partial charge in [-0.25, -0.2) is 4.79 Å². The van der Waals surface area contributed by atoms with Crippen molar-refractivity contribution in [1.29, 1.82) is 0 Å². The minimum atomic E-state index is -0.506. The lowest BCUT2D eigenvalue weighted by molar-refractivity contribution is -0.142. The van der Waals surface area contributed by atoms with E-state index in [1.165, 1.54) is 12.7 Å². The quantitative estimate of drug-likeness (QED) is 0.495. The minimum absolute atomic E-state index is 0.0461. The third-order valence-corrected chi connectivity index (χ3v) is 4.14. The van der Waals surface area contributed by atoms with Crippen molar-refractivity contribution in [2.45, 2.75) is 26.3 Å². The number of carbonyl (C=O) groups is 2. The number of nitrogens with one attached hydrogen (secondary N) is 1. The van der Waals surface area contributed by atoms with E-state index in [2.05, 4.69) is 16.0 Å². The van der Waals surface area contributed by atoms with Crippen molar-refractivity contribution >= 4 is 11.9 Å². The lowest BCUT2D eigenvalue weighted by Crippen LogP contribution is -2.23. The fraction of sp³-hybridized carbons (Fsp3) is 0.304. The largest absolute Gasteiger partial charge is 0.478 e. The average Bonchev–Trinajstić information content (AvgIpc) is 2.74. The number of amides is 1. The van der Waals surface area contributed by atoms with Crippen molar-refractivity contribution in [3.8, 4) is 23.8 Å². The number of benzene rings is 2. The summed E-state index contributed by atoms with van der Waals surface area (Å²) in [6.07, 6.45) is 6.07. The predicted octanol–water partition coefficient (Wildman–Crippen LogP) is 2.81. The fourth-order valence-electron chi connectivity index (χ4n) is 2.51. The van der Waals surface area contributed by atoms with Crippen molar-refractivity contribution in [1.82, 2.24) is 5.32 Å². The van der Waals surface area contributed by atoms with Gasteiger partial charge in [0.1, 0.15) is 6.61 Å². The van der Waals surface area contributed by atoms with Crippen molar-refractivity contribution in [3.05, 3.63) is 59.2 Å². The van der Waals surface area contributed by atoms with Gasteiger partial charge in [-0.15, -0.1) is 6.42 Å². The number of hydrogen-bond donors (Lipinski definition) is 1. The molecule has 2 rings (SSSR count). The number of esters is 1. The molecular formula is C23H25NO5. The molecule has 1 amide bonds. The number of carbonyl (C=O) groups excluding carboxylic acids is 2. The van der Waals surface area contributed by atoms with Crippen LogP contribution in [0.2, 0.25) is 0 Å². The smallest absolute Gasteiger partial charge is 0.343 e. The molecule has 2 aromatic carbocycles. The van der Waals surface area contributed by atoms with E-state index < -0.39 is 5.97 Å². The van der Waals surface area contributed by atoms with E-state index in [1.54, 1.807) is 12.1 Å². The van der Waals surface area contributed by atoms with Crippen LogP contribution in [-0.4, -0.2) is 32.2 Å². The van der Waals surface area contributed by atoms with E-state index in [0.29, 0.717) is 30.9 Å². The molecule has 1 N–H and O–H groups in total. The Kier molecular flexibility index (Phi) is 8.58. The molecule has 0 atom stereocenters. The molecule has 6 nitrogen and oxygen atoms in total. The molecule has 0 bridgehead atoms. The average molecular weight is 395 g/mol. The first kappa shape index (κ1) is 21.8. The van der Waals surface area contributed by atoms with Crippen LogP contribution in [0.4, 0.5) is 0 Å². The lowest BCUT2D eigenvalue weighted by atomic mass is 10.1. The van der Waals surface area contributed by atoms with Crippen molar-refractivity contribution in [2.24, 2.45) is 0 Å². The van der Waals surface area contributed by atoms with Crippen molar-refractivity contribution in [2.75, 3.05) is 20.3 Å². The van der Waals surface area contributed by atoms with Gasteiger partial charge in [-0.1, -0.05) is 41.8 Å². The van der Waals surface area contributed by atoms with Crippen LogP contribution < -0.4 is 14.8 Å². The van der Waals surface area contributed by atoms with Crippen molar-refractivity contribution < 1.29 is 23.8 Å². The SMILES string of the molecule is C#CCOc1ccc(CCC(=O)NCc2ccc(C)cc2)cc1OCC(=O)OC. The van der Waals surface area contributed by atoms with Gasteiger partial charge in [0.2, 0.25) is 5.91 Å². The summed E-state index contributed by atoms with van der Waals surface area (Å²) in [7, 11) is 1.28. The van der Waals surface area contributed by atoms with Gasteiger partial charge in [-0.2, -0.15) is 0 Å². The second-order valence-corrected chi connectivity index (χ2v) is 6.40. The Bertz CT molecular complexity index is 868. The van der Waals surface area contributed by atoms with Gasteiger partial charge in [-0.05, 0) is 36.6 Å². The monoisotopic (exact) mass is 395 g/mol. The van der Waals surface area contributed by atoms with Crippen LogP contribution >= 0.6 is 0 Å². The molecule has 0 saturated carbocycles. The van der Waals surface area contributed by atoms with Crippen LogP contribution in [-0.2, 0) is 27.3 Å². The molecule has 29 heavy (non-hydrogen) atoms. The highest BCUT2D eigenvalue weighted by Gasteiger charge is 2.11. The highest BCUT2D eigenvalue weighted by atomic mass is 16.6. The zero-order valence-electron chi connectivity index (χ0n) is 16.7. The van der Waals surface area contributed by atoms with E-state index in [9.17, 15) is 9.59 Å². The number of hydrogen-bond acceptors (Lipinski definition) is 5. The first-order valence-corrected chi connectivity index (χ1v) is 9.23. The first-order chi connectivity index (χ1) is 14.0. The maximum absolute atomic E-state index is 12.2. The molecule has 0 aromatic heterocycles. The lowest BCUT2D eigenvalue weighted by Gasteiger charge is -2.13. The van der Waals surface area contributed by atoms with Gasteiger partial charge in [0, 0.05) is 13.0 Å². The maximum atomic E-state index is 12.2. The standard InChI is InChI=1S/C23H25NO5/c1-4-13-28-20-11-9-18(14-21(20)29-16-23(26)27-3)10-12-22(25)24-15-19-7-5-17(2)6-8-19/h1,5-9,11,14H,10,12-13,15-16H2,2-3H3,(H,24,25). The molecule has 0 saturated heterocycles. The summed E-state index contributed by atoms with van der Waals surface area (Å²) >= 11 is 0. The Morgan fingerprint density at radius 3 is 2.45 bits per heavy atom. The summed E-state index contributed by atoms with van der Waals surface area (Å²) in [6.45, 7) is 2.35. The number of rotatable bonds is 10. The number of ether oxygens (including phenoxy) is 3. The Balaban J connectivity index is 1.92. The van der Waals surface area contributed by atoms with Gasteiger partial charge < -0.3 is 19.5 Å². The molecular weight excluding hydrogens is 370 g/mol. The number of methoxy groups -OCH3 is 1. The van der Waals surface area contributed by atoms with Crippen LogP contribution in [0, 0.1) is 19.3 Å². The van der Waals surface area contributed by atoms with Gasteiger partial charge in [-0.3, -0.25) is 4.79 Å². The summed E-state index contributed by atoms with van der Waals surface area (Å²) in [4.78, 5) is 23.5. The van der Waals surface area contributed by atoms with Gasteiger partial charge >= 0.3 is 5.97 Å². The number of aryl methyl sites for hydroxylation is 2. The van der Waals surface area contributed by atoms with E-state index in [0.717, 1.165) is 11.1 Å². The van der Waals surface area contributed by atoms with Gasteiger partial charge in [0.05, 0.1) is 7.11 Å². The zero-order valence-corrected chi connectivity index (χ0v) is 16.7. The van der Waals surface area contributed by atoms with Gasteiger partial charge in [0.15, 0.2) is 18.1 Å². The Hall–Kier alpha value is -3.46. The van der Waals surface area contributed by atoms with E-state index in [-0.39, 0.29) is 19.1 Å². The molecule has 152 valence electrons. The highest BCUT2D eigenvalue weighted by Crippen LogP contribution is 2.29. The minimum Gasteiger partial charge on any atom is -0.478 e. The molecule has 0 aliphatic carbocycles. The second kappa shape index (κ2) is 11.4. The van der Waals surface area contributed by atoms with E-state index in [4.69, 9.17) is 15.9 Å². The molecule has 0 radical (unpaired) electrons. The second-order valence-electron chi connectivity index (χ2n) is 6.40. The first-order valence-electron chi connectivity index (χ1n) is 9.23. The summed E-state index contributed by atoms with van der Waals surface area (Å²) in [6, 6.07) is 13.3. The Morgan fingerprint density at radius 2 is 1.76 bits per heavy atom. The molecule has 0 heterocycles. The third kappa shape index (κ3) is 7.59. The van der Waals surface area contributed by atoms with Crippen LogP contribution in [0.3, 0.4) is 0 Å². The fourth-order valence-corrected chi connectivity index (χ4v) is 2.51. The van der Waals surface area contributed by atoms with Gasteiger partial charge in [0.25, 0.3) is 0 Å². The van der Waals surface area contributed by atoms with Crippen molar-refractivity contribution in [3.63, 3.8) is 0 Å². The topological polar surface area (TPSA) is 73.9 Å². The third-order valence-electron chi connectivity index (χ3n) is 4.14. The van der Waals surface area contributed by atoms with Crippen LogP contribution in [0.25, 0.3) is 0 Å². The molecule has 0 aliphatic rings. The summed E-state index contributed by atoms with van der Waals surface area (Å²) in [5.41, 5.74) is 3.11. The predicted molar refractivity (Wildman–Crippen MR) is 110 cm³/mol. The summed E-state index contributed by atoms with van der Waals surface area (Å²) in [5, 5.41) is 2.91. The molecule has 0 unspecified atom stereocenters. The summed E-state index contributed by atoms with van der Waals surface area (Å²) < 4.78 is 15.5. The molecule has 2 aromatic rings. The van der Waals surface area contributed by atoms with Crippen LogP contribution in [0.5, 0.6) is 11.5 Å². The Labute approximate surface area is 171 Å². The summed E-state index contributed by atoms with van der Waals surface area (Å²) in [5.74, 6) is 2.64. The normalized spacial score (nSPS) is 9.97. The molecule has 6 heteroatoms. The number of terminal acetylenes is 1. The maximum Gasteiger partial charge on any atom is 0.343 e. The van der Waals surface area contributed by atoms with Crippen LogP contribution in [0.15, 0.2) is 42.5 Å². The Morgan fingerprint density at radius 1 is 1.03 bits per heavy atom. The van der Waals surface area contributed by atoms with Crippen LogP contribution in [0.1, 0.15) is 23.1 Å². The zero-order chi connectivity index (χ0) is 21.1.